The zero-order valence-corrected chi connectivity index (χ0v) is 9.97. The molecule has 0 amide bonds. The molecule has 1 rings (SSSR count). The van der Waals surface area contributed by atoms with E-state index in [0.29, 0.717) is 0 Å². The van der Waals surface area contributed by atoms with Crippen LogP contribution in [-0.4, -0.2) is 18.9 Å². The van der Waals surface area contributed by atoms with Crippen LogP contribution >= 0.6 is 0 Å². The number of carbonyl (C=O) groups is 2. The molecule has 0 spiro atoms. The lowest BCUT2D eigenvalue weighted by Crippen LogP contribution is -2.25. The minimum absolute atomic E-state index is 0.0812. The van der Waals surface area contributed by atoms with E-state index in [-0.39, 0.29) is 17.7 Å². The number of methoxy groups -OCH3 is 1. The second kappa shape index (κ2) is 6.00. The molecule has 0 bridgehead atoms. The van der Waals surface area contributed by atoms with Gasteiger partial charge in [0.1, 0.15) is 17.4 Å². The van der Waals surface area contributed by atoms with Crippen LogP contribution in [0.1, 0.15) is 12.5 Å². The highest BCUT2D eigenvalue weighted by molar-refractivity contribution is 5.97. The SMILES string of the molecule is COC(=O)C(Cc1cccc(N=O)c1F)C(C)=O. The number of halogens is 1. The predicted molar refractivity (Wildman–Crippen MR) is 61.7 cm³/mol. The summed E-state index contributed by atoms with van der Waals surface area (Å²) in [5, 5.41) is 2.52. The molecule has 5 nitrogen and oxygen atoms in total. The number of Topliss-reactive ketones (excluding diaryl/α,β-unsaturated/α-hetero) is 1. The van der Waals surface area contributed by atoms with Crippen LogP contribution in [0.15, 0.2) is 23.4 Å². The molecule has 0 aliphatic rings. The van der Waals surface area contributed by atoms with Gasteiger partial charge in [0.2, 0.25) is 0 Å². The van der Waals surface area contributed by atoms with E-state index in [0.717, 1.165) is 7.11 Å². The van der Waals surface area contributed by atoms with E-state index < -0.39 is 23.5 Å². The van der Waals surface area contributed by atoms with Gasteiger partial charge in [-0.25, -0.2) is 4.39 Å². The minimum atomic E-state index is -1.08. The Balaban J connectivity index is 3.05. The fraction of sp³-hybridized carbons (Fsp3) is 0.333. The third kappa shape index (κ3) is 2.97. The maximum atomic E-state index is 13.7. The molecule has 0 fully saturated rings. The zero-order chi connectivity index (χ0) is 13.7. The number of hydrogen-bond donors (Lipinski definition) is 0. The molecule has 1 unspecified atom stereocenters. The summed E-state index contributed by atoms with van der Waals surface area (Å²) in [5.41, 5.74) is -0.266. The summed E-state index contributed by atoms with van der Waals surface area (Å²) in [4.78, 5) is 33.0. The number of hydrogen-bond acceptors (Lipinski definition) is 5. The van der Waals surface area contributed by atoms with Crippen molar-refractivity contribution in [3.8, 4) is 0 Å². The van der Waals surface area contributed by atoms with E-state index in [4.69, 9.17) is 0 Å². The molecule has 0 N–H and O–H groups in total. The number of nitroso groups, excluding NO2 is 1. The summed E-state index contributed by atoms with van der Waals surface area (Å²) < 4.78 is 18.2. The summed E-state index contributed by atoms with van der Waals surface area (Å²) in [5.74, 6) is -3.05. The topological polar surface area (TPSA) is 72.8 Å². The van der Waals surface area contributed by atoms with Crippen LogP contribution in [0.25, 0.3) is 0 Å². The van der Waals surface area contributed by atoms with E-state index in [1.54, 1.807) is 0 Å². The van der Waals surface area contributed by atoms with Crippen LogP contribution in [0.5, 0.6) is 0 Å². The van der Waals surface area contributed by atoms with Crippen molar-refractivity contribution in [3.05, 3.63) is 34.5 Å². The van der Waals surface area contributed by atoms with Crippen molar-refractivity contribution in [2.45, 2.75) is 13.3 Å². The first-order valence-electron chi connectivity index (χ1n) is 5.20. The van der Waals surface area contributed by atoms with Gasteiger partial charge in [-0.3, -0.25) is 9.59 Å². The molecule has 0 heterocycles. The molecule has 0 aliphatic heterocycles. The molecule has 0 aliphatic carbocycles. The average molecular weight is 253 g/mol. The minimum Gasteiger partial charge on any atom is -0.468 e. The average Bonchev–Trinajstić information content (AvgIpc) is 2.36. The van der Waals surface area contributed by atoms with Crippen LogP contribution in [0.2, 0.25) is 0 Å². The Morgan fingerprint density at radius 3 is 2.61 bits per heavy atom. The Labute approximate surface area is 103 Å². The van der Waals surface area contributed by atoms with Gasteiger partial charge >= 0.3 is 5.97 Å². The molecule has 0 saturated heterocycles. The molecule has 0 saturated carbocycles. The van der Waals surface area contributed by atoms with Crippen molar-refractivity contribution in [1.29, 1.82) is 0 Å². The van der Waals surface area contributed by atoms with Crippen LogP contribution in [-0.2, 0) is 20.7 Å². The Kier molecular flexibility index (Phi) is 4.65. The highest BCUT2D eigenvalue weighted by atomic mass is 19.1. The molecule has 0 aromatic heterocycles. The quantitative estimate of drug-likeness (QED) is 0.458. The molecule has 1 atom stereocenters. The third-order valence-corrected chi connectivity index (χ3v) is 2.56. The first-order chi connectivity index (χ1) is 8.51. The van der Waals surface area contributed by atoms with Gasteiger partial charge in [0.25, 0.3) is 0 Å². The Bertz CT molecular complexity index is 487. The standard InChI is InChI=1S/C12H12FNO4/c1-7(15)9(12(16)18-2)6-8-4-3-5-10(14-17)11(8)13/h3-5,9H,6H2,1-2H3. The first kappa shape index (κ1) is 14.0. The van der Waals surface area contributed by atoms with Gasteiger partial charge in [-0.15, -0.1) is 4.91 Å². The van der Waals surface area contributed by atoms with E-state index in [1.807, 2.05) is 0 Å². The van der Waals surface area contributed by atoms with E-state index in [9.17, 15) is 18.9 Å². The van der Waals surface area contributed by atoms with Crippen molar-refractivity contribution in [3.63, 3.8) is 0 Å². The lowest BCUT2D eigenvalue weighted by Gasteiger charge is -2.12. The van der Waals surface area contributed by atoms with Crippen LogP contribution < -0.4 is 0 Å². The number of esters is 1. The van der Waals surface area contributed by atoms with E-state index in [2.05, 4.69) is 9.91 Å². The van der Waals surface area contributed by atoms with Crippen LogP contribution in [0, 0.1) is 16.6 Å². The molecule has 18 heavy (non-hydrogen) atoms. The highest BCUT2D eigenvalue weighted by Gasteiger charge is 2.26. The first-order valence-corrected chi connectivity index (χ1v) is 5.20. The normalized spacial score (nSPS) is 11.7. The summed E-state index contributed by atoms with van der Waals surface area (Å²) in [6, 6.07) is 4.04. The summed E-state index contributed by atoms with van der Waals surface area (Å²) in [6.07, 6.45) is -0.156. The highest BCUT2D eigenvalue weighted by Crippen LogP contribution is 2.23. The molecular formula is C12H12FNO4. The summed E-state index contributed by atoms with van der Waals surface area (Å²) in [6.45, 7) is 1.22. The number of ketones is 1. The van der Waals surface area contributed by atoms with Gasteiger partial charge in [-0.1, -0.05) is 12.1 Å². The van der Waals surface area contributed by atoms with Crippen molar-refractivity contribution in [2.75, 3.05) is 7.11 Å². The van der Waals surface area contributed by atoms with Crippen molar-refractivity contribution < 1.29 is 18.7 Å². The number of rotatable bonds is 5. The van der Waals surface area contributed by atoms with Crippen molar-refractivity contribution >= 4 is 17.4 Å². The van der Waals surface area contributed by atoms with Crippen molar-refractivity contribution in [1.82, 2.24) is 0 Å². The number of ether oxygens (including phenoxy) is 1. The number of benzene rings is 1. The Hall–Kier alpha value is -2.11. The van der Waals surface area contributed by atoms with Crippen molar-refractivity contribution in [2.24, 2.45) is 11.1 Å². The van der Waals surface area contributed by atoms with Gasteiger partial charge in [-0.05, 0) is 30.2 Å². The zero-order valence-electron chi connectivity index (χ0n) is 9.97. The number of carbonyl (C=O) groups excluding carboxylic acids is 2. The Morgan fingerprint density at radius 1 is 1.44 bits per heavy atom. The van der Waals surface area contributed by atoms with E-state index in [1.165, 1.54) is 25.1 Å². The van der Waals surface area contributed by atoms with Crippen LogP contribution in [0.4, 0.5) is 10.1 Å². The lowest BCUT2D eigenvalue weighted by atomic mass is 9.95. The fourth-order valence-electron chi connectivity index (χ4n) is 1.55. The number of nitrogens with zero attached hydrogens (tertiary/aromatic N) is 1. The summed E-state index contributed by atoms with van der Waals surface area (Å²) >= 11 is 0. The van der Waals surface area contributed by atoms with Gasteiger partial charge < -0.3 is 4.74 Å². The van der Waals surface area contributed by atoms with Gasteiger partial charge in [-0.2, -0.15) is 0 Å². The molecule has 0 radical (unpaired) electrons. The smallest absolute Gasteiger partial charge is 0.316 e. The molecular weight excluding hydrogens is 241 g/mol. The summed E-state index contributed by atoms with van der Waals surface area (Å²) in [7, 11) is 1.15. The second-order valence-electron chi connectivity index (χ2n) is 3.73. The lowest BCUT2D eigenvalue weighted by molar-refractivity contribution is -0.148. The van der Waals surface area contributed by atoms with Gasteiger partial charge in [0, 0.05) is 0 Å². The fourth-order valence-corrected chi connectivity index (χ4v) is 1.55. The van der Waals surface area contributed by atoms with Crippen LogP contribution in [0.3, 0.4) is 0 Å². The largest absolute Gasteiger partial charge is 0.468 e. The molecule has 96 valence electrons. The molecule has 1 aromatic carbocycles. The van der Waals surface area contributed by atoms with E-state index >= 15 is 0 Å². The maximum absolute atomic E-state index is 13.7. The van der Waals surface area contributed by atoms with Gasteiger partial charge in [0.15, 0.2) is 5.82 Å². The molecule has 6 heteroatoms. The van der Waals surface area contributed by atoms with Gasteiger partial charge in [0.05, 0.1) is 7.11 Å². The molecule has 1 aromatic rings. The second-order valence-corrected chi connectivity index (χ2v) is 3.73. The third-order valence-electron chi connectivity index (χ3n) is 2.56. The maximum Gasteiger partial charge on any atom is 0.316 e. The monoisotopic (exact) mass is 253 g/mol. The Morgan fingerprint density at radius 2 is 2.11 bits per heavy atom. The predicted octanol–water partition coefficient (Wildman–Crippen LogP) is 2.14.